The summed E-state index contributed by atoms with van der Waals surface area (Å²) in [6.45, 7) is 6.65. The first-order valence-corrected chi connectivity index (χ1v) is 7.13. The van der Waals surface area contributed by atoms with E-state index in [1.54, 1.807) is 7.11 Å². The largest absolute Gasteiger partial charge is 0.497 e. The van der Waals surface area contributed by atoms with Crippen molar-refractivity contribution in [2.24, 2.45) is 5.73 Å². The van der Waals surface area contributed by atoms with Crippen molar-refractivity contribution in [3.8, 4) is 11.5 Å². The smallest absolute Gasteiger partial charge is 0.123 e. The van der Waals surface area contributed by atoms with Gasteiger partial charge in [0, 0.05) is 45.3 Å². The molecule has 0 unspecified atom stereocenters. The normalized spacial score (nSPS) is 17.1. The number of nitrogens with zero attached hydrogens (tertiary/aromatic N) is 2. The van der Waals surface area contributed by atoms with Gasteiger partial charge in [-0.05, 0) is 24.7 Å². The number of likely N-dealkylation sites (N-methyl/N-ethyl adjacent to an activating group) is 1. The van der Waals surface area contributed by atoms with Gasteiger partial charge in [0.2, 0.25) is 0 Å². The van der Waals surface area contributed by atoms with Crippen LogP contribution >= 0.6 is 0 Å². The van der Waals surface area contributed by atoms with Crippen molar-refractivity contribution in [3.63, 3.8) is 0 Å². The van der Waals surface area contributed by atoms with Gasteiger partial charge >= 0.3 is 0 Å². The molecule has 112 valence electrons. The van der Waals surface area contributed by atoms with E-state index in [9.17, 15) is 0 Å². The van der Waals surface area contributed by atoms with Crippen molar-refractivity contribution >= 4 is 0 Å². The number of benzene rings is 1. The maximum atomic E-state index is 5.83. The molecule has 2 N–H and O–H groups in total. The van der Waals surface area contributed by atoms with Crippen molar-refractivity contribution in [1.29, 1.82) is 0 Å². The van der Waals surface area contributed by atoms with Gasteiger partial charge in [0.1, 0.15) is 18.1 Å². The molecule has 0 atom stereocenters. The van der Waals surface area contributed by atoms with E-state index in [1.165, 1.54) is 0 Å². The SMILES string of the molecule is COc1cc(CN)cc(OCCN2CCN(C)CC2)c1. The molecule has 1 saturated heterocycles. The lowest BCUT2D eigenvalue weighted by Gasteiger charge is -2.32. The second-order valence-electron chi connectivity index (χ2n) is 5.21. The number of piperazine rings is 1. The molecule has 1 heterocycles. The van der Waals surface area contributed by atoms with Gasteiger partial charge in [0.05, 0.1) is 7.11 Å². The van der Waals surface area contributed by atoms with Gasteiger partial charge in [-0.25, -0.2) is 0 Å². The van der Waals surface area contributed by atoms with Crippen LogP contribution in [0.5, 0.6) is 11.5 Å². The topological polar surface area (TPSA) is 51.0 Å². The average Bonchev–Trinajstić information content (AvgIpc) is 2.49. The molecule has 2 rings (SSSR count). The van der Waals surface area contributed by atoms with E-state index in [0.717, 1.165) is 49.8 Å². The van der Waals surface area contributed by atoms with Crippen molar-refractivity contribution < 1.29 is 9.47 Å². The standard InChI is InChI=1S/C15H25N3O2/c1-17-3-5-18(6-4-17)7-8-20-15-10-13(12-16)9-14(11-15)19-2/h9-11H,3-8,12,16H2,1-2H3. The van der Waals surface area contributed by atoms with Crippen LogP contribution in [0.15, 0.2) is 18.2 Å². The van der Waals surface area contributed by atoms with E-state index < -0.39 is 0 Å². The number of hydrogen-bond acceptors (Lipinski definition) is 5. The van der Waals surface area contributed by atoms with E-state index in [2.05, 4.69) is 16.8 Å². The molecule has 1 fully saturated rings. The molecular formula is C15H25N3O2. The molecule has 1 aromatic rings. The van der Waals surface area contributed by atoms with Gasteiger partial charge in [-0.3, -0.25) is 4.90 Å². The highest BCUT2D eigenvalue weighted by atomic mass is 16.5. The third kappa shape index (κ3) is 4.37. The van der Waals surface area contributed by atoms with Crippen molar-refractivity contribution in [2.75, 3.05) is 53.5 Å². The van der Waals surface area contributed by atoms with Crippen LogP contribution in [-0.2, 0) is 6.54 Å². The predicted molar refractivity (Wildman–Crippen MR) is 80.3 cm³/mol. The highest BCUT2D eigenvalue weighted by molar-refractivity contribution is 5.38. The average molecular weight is 279 g/mol. The Bertz CT molecular complexity index is 395. The van der Waals surface area contributed by atoms with Crippen LogP contribution in [0.2, 0.25) is 0 Å². The van der Waals surface area contributed by atoms with Crippen LogP contribution in [-0.4, -0.2) is 63.3 Å². The number of methoxy groups -OCH3 is 1. The first kappa shape index (κ1) is 15.1. The maximum absolute atomic E-state index is 5.83. The molecule has 0 saturated carbocycles. The number of nitrogens with two attached hydrogens (primary N) is 1. The molecule has 0 aromatic heterocycles. The monoisotopic (exact) mass is 279 g/mol. The predicted octanol–water partition coefficient (Wildman–Crippen LogP) is 0.780. The Morgan fingerprint density at radius 2 is 1.80 bits per heavy atom. The van der Waals surface area contributed by atoms with Gasteiger partial charge < -0.3 is 20.1 Å². The van der Waals surface area contributed by atoms with Crippen LogP contribution in [0.4, 0.5) is 0 Å². The van der Waals surface area contributed by atoms with Crippen molar-refractivity contribution in [2.45, 2.75) is 6.54 Å². The molecule has 5 heteroatoms. The number of ether oxygens (including phenoxy) is 2. The fraction of sp³-hybridized carbons (Fsp3) is 0.600. The summed E-state index contributed by atoms with van der Waals surface area (Å²) >= 11 is 0. The summed E-state index contributed by atoms with van der Waals surface area (Å²) in [7, 11) is 3.82. The van der Waals surface area contributed by atoms with E-state index in [-0.39, 0.29) is 0 Å². The van der Waals surface area contributed by atoms with E-state index in [0.29, 0.717) is 13.2 Å². The summed E-state index contributed by atoms with van der Waals surface area (Å²) in [5.74, 6) is 1.63. The Hall–Kier alpha value is -1.30. The van der Waals surface area contributed by atoms with Gasteiger partial charge in [0.15, 0.2) is 0 Å². The summed E-state index contributed by atoms with van der Waals surface area (Å²) in [5.41, 5.74) is 6.70. The summed E-state index contributed by atoms with van der Waals surface area (Å²) in [5, 5.41) is 0. The molecule has 0 spiro atoms. The van der Waals surface area contributed by atoms with E-state index in [4.69, 9.17) is 15.2 Å². The molecule has 5 nitrogen and oxygen atoms in total. The lowest BCUT2D eigenvalue weighted by atomic mass is 10.2. The summed E-state index contributed by atoms with van der Waals surface area (Å²) in [6.07, 6.45) is 0. The Labute approximate surface area is 121 Å². The maximum Gasteiger partial charge on any atom is 0.123 e. The van der Waals surface area contributed by atoms with Gasteiger partial charge in [-0.2, -0.15) is 0 Å². The first-order valence-electron chi connectivity index (χ1n) is 7.13. The van der Waals surface area contributed by atoms with Crippen LogP contribution in [0.1, 0.15) is 5.56 Å². The van der Waals surface area contributed by atoms with Gasteiger partial charge in [0.25, 0.3) is 0 Å². The molecule has 0 radical (unpaired) electrons. The number of rotatable bonds is 6. The highest BCUT2D eigenvalue weighted by Crippen LogP contribution is 2.22. The molecule has 1 aliphatic rings. The highest BCUT2D eigenvalue weighted by Gasteiger charge is 2.13. The van der Waals surface area contributed by atoms with Crippen molar-refractivity contribution in [3.05, 3.63) is 23.8 Å². The minimum Gasteiger partial charge on any atom is -0.497 e. The third-order valence-electron chi connectivity index (χ3n) is 3.68. The summed E-state index contributed by atoms with van der Waals surface area (Å²) in [4.78, 5) is 4.79. The molecule has 1 aliphatic heterocycles. The minimum absolute atomic E-state index is 0.492. The zero-order valence-corrected chi connectivity index (χ0v) is 12.5. The lowest BCUT2D eigenvalue weighted by Crippen LogP contribution is -2.45. The van der Waals surface area contributed by atoms with E-state index in [1.807, 2.05) is 18.2 Å². The lowest BCUT2D eigenvalue weighted by molar-refractivity contribution is 0.133. The third-order valence-corrected chi connectivity index (χ3v) is 3.68. The Kier molecular flexibility index (Phi) is 5.64. The van der Waals surface area contributed by atoms with Crippen LogP contribution < -0.4 is 15.2 Å². The van der Waals surface area contributed by atoms with Crippen LogP contribution in [0.25, 0.3) is 0 Å². The molecule has 1 aromatic carbocycles. The summed E-state index contributed by atoms with van der Waals surface area (Å²) in [6, 6.07) is 5.82. The van der Waals surface area contributed by atoms with Gasteiger partial charge in [-0.1, -0.05) is 0 Å². The fourth-order valence-corrected chi connectivity index (χ4v) is 2.31. The Morgan fingerprint density at radius 3 is 2.45 bits per heavy atom. The van der Waals surface area contributed by atoms with Crippen molar-refractivity contribution in [1.82, 2.24) is 9.80 Å². The second-order valence-corrected chi connectivity index (χ2v) is 5.21. The zero-order chi connectivity index (χ0) is 14.4. The van der Waals surface area contributed by atoms with Gasteiger partial charge in [-0.15, -0.1) is 0 Å². The second kappa shape index (κ2) is 7.47. The fourth-order valence-electron chi connectivity index (χ4n) is 2.31. The number of hydrogen-bond donors (Lipinski definition) is 1. The molecular weight excluding hydrogens is 254 g/mol. The molecule has 0 amide bonds. The summed E-state index contributed by atoms with van der Waals surface area (Å²) < 4.78 is 11.1. The molecule has 0 bridgehead atoms. The zero-order valence-electron chi connectivity index (χ0n) is 12.5. The van der Waals surface area contributed by atoms with E-state index >= 15 is 0 Å². The Balaban J connectivity index is 1.81. The molecule has 0 aliphatic carbocycles. The first-order chi connectivity index (χ1) is 9.71. The quantitative estimate of drug-likeness (QED) is 0.834. The molecule has 20 heavy (non-hydrogen) atoms. The Morgan fingerprint density at radius 1 is 1.10 bits per heavy atom. The minimum atomic E-state index is 0.492. The van der Waals surface area contributed by atoms with Crippen LogP contribution in [0, 0.1) is 0 Å². The van der Waals surface area contributed by atoms with Crippen LogP contribution in [0.3, 0.4) is 0 Å².